The highest BCUT2D eigenvalue weighted by Crippen LogP contribution is 2.17. The molecule has 0 aromatic heterocycles. The maximum Gasteiger partial charge on any atom is 0.261 e. The van der Waals surface area contributed by atoms with Crippen molar-refractivity contribution in [3.05, 3.63) is 65.2 Å². The Morgan fingerprint density at radius 3 is 2.32 bits per heavy atom. The first kappa shape index (κ1) is 17.0. The predicted octanol–water partition coefficient (Wildman–Crippen LogP) is 2.69. The van der Waals surface area contributed by atoms with Crippen molar-refractivity contribution < 1.29 is 23.1 Å². The second-order valence-electron chi connectivity index (χ2n) is 5.54. The van der Waals surface area contributed by atoms with E-state index < -0.39 is 23.1 Å². The van der Waals surface area contributed by atoms with Gasteiger partial charge in [0, 0.05) is 24.3 Å². The number of carbonyl (C=O) groups excluding carboxylic acids is 2. The van der Waals surface area contributed by atoms with E-state index >= 15 is 0 Å². The van der Waals surface area contributed by atoms with Gasteiger partial charge in [-0.2, -0.15) is 0 Å². The molecule has 2 aromatic carbocycles. The molecule has 25 heavy (non-hydrogen) atoms. The highest BCUT2D eigenvalue weighted by molar-refractivity contribution is 6.05. The van der Waals surface area contributed by atoms with Gasteiger partial charge in [0.2, 0.25) is 0 Å². The molecular weight excluding hydrogens is 330 g/mol. The normalized spacial score (nSPS) is 14.2. The molecule has 7 heteroatoms. The molecule has 0 atom stereocenters. The van der Waals surface area contributed by atoms with Crippen molar-refractivity contribution in [3.63, 3.8) is 0 Å². The summed E-state index contributed by atoms with van der Waals surface area (Å²) >= 11 is 0. The van der Waals surface area contributed by atoms with Gasteiger partial charge < -0.3 is 15.0 Å². The highest BCUT2D eigenvalue weighted by Gasteiger charge is 2.20. The van der Waals surface area contributed by atoms with Crippen LogP contribution in [-0.4, -0.2) is 43.0 Å². The fourth-order valence-electron chi connectivity index (χ4n) is 2.59. The number of benzene rings is 2. The molecule has 5 nitrogen and oxygen atoms in total. The van der Waals surface area contributed by atoms with E-state index in [2.05, 4.69) is 5.32 Å². The predicted molar refractivity (Wildman–Crippen MR) is 87.5 cm³/mol. The summed E-state index contributed by atoms with van der Waals surface area (Å²) in [6.07, 6.45) is 0. The molecule has 2 aromatic rings. The fraction of sp³-hybridized carbons (Fsp3) is 0.222. The molecule has 0 aliphatic carbocycles. The number of ether oxygens (including phenoxy) is 1. The van der Waals surface area contributed by atoms with Gasteiger partial charge in [0.05, 0.1) is 13.2 Å². The summed E-state index contributed by atoms with van der Waals surface area (Å²) in [5.41, 5.74) is 0.00729. The Bertz CT molecular complexity index is 784. The van der Waals surface area contributed by atoms with Gasteiger partial charge in [0.15, 0.2) is 0 Å². The van der Waals surface area contributed by atoms with Gasteiger partial charge in [-0.05, 0) is 30.3 Å². The quantitative estimate of drug-likeness (QED) is 0.930. The number of anilines is 1. The second kappa shape index (κ2) is 7.40. The third kappa shape index (κ3) is 3.83. The lowest BCUT2D eigenvalue weighted by Crippen LogP contribution is -2.40. The number of morpholine rings is 1. The van der Waals surface area contributed by atoms with Crippen LogP contribution >= 0.6 is 0 Å². The number of halogens is 2. The van der Waals surface area contributed by atoms with Crippen molar-refractivity contribution in [1.29, 1.82) is 0 Å². The van der Waals surface area contributed by atoms with Crippen LogP contribution in [0.5, 0.6) is 0 Å². The molecule has 0 spiro atoms. The number of nitrogens with one attached hydrogen (secondary N) is 1. The van der Waals surface area contributed by atoms with Crippen LogP contribution in [0.25, 0.3) is 0 Å². The Kier molecular flexibility index (Phi) is 5.04. The number of amides is 2. The molecule has 1 heterocycles. The summed E-state index contributed by atoms with van der Waals surface area (Å²) < 4.78 is 32.6. The van der Waals surface area contributed by atoms with Crippen molar-refractivity contribution in [2.24, 2.45) is 0 Å². The molecule has 1 aliphatic rings. The number of carbonyl (C=O) groups is 2. The lowest BCUT2D eigenvalue weighted by Gasteiger charge is -2.27. The molecular formula is C18H16F2N2O3. The summed E-state index contributed by atoms with van der Waals surface area (Å²) in [5.74, 6) is -2.99. The van der Waals surface area contributed by atoms with E-state index in [9.17, 15) is 18.4 Å². The van der Waals surface area contributed by atoms with E-state index in [1.54, 1.807) is 23.1 Å². The third-order valence-electron chi connectivity index (χ3n) is 3.86. The molecule has 2 amide bonds. The van der Waals surface area contributed by atoms with Gasteiger partial charge in [-0.3, -0.25) is 9.59 Å². The maximum atomic E-state index is 13.7. The Hall–Kier alpha value is -2.80. The minimum absolute atomic E-state index is 0.184. The Morgan fingerprint density at radius 1 is 1.00 bits per heavy atom. The van der Waals surface area contributed by atoms with E-state index in [4.69, 9.17) is 4.74 Å². The Balaban J connectivity index is 1.77. The summed E-state index contributed by atoms with van der Waals surface area (Å²) in [6, 6.07) is 9.45. The zero-order valence-corrected chi connectivity index (χ0v) is 13.3. The standard InChI is InChI=1S/C18H16F2N2O3/c19-14-5-2-6-15(20)16(14)17(23)21-13-4-1-3-12(11-13)18(24)22-7-9-25-10-8-22/h1-6,11H,7-10H2,(H,21,23). The minimum atomic E-state index is -0.946. The van der Waals surface area contributed by atoms with Crippen LogP contribution in [0.15, 0.2) is 42.5 Å². The van der Waals surface area contributed by atoms with Crippen molar-refractivity contribution in [3.8, 4) is 0 Å². The molecule has 0 unspecified atom stereocenters. The molecule has 0 radical (unpaired) electrons. The summed E-state index contributed by atoms with van der Waals surface area (Å²) in [6.45, 7) is 1.95. The first-order valence-corrected chi connectivity index (χ1v) is 7.79. The summed E-state index contributed by atoms with van der Waals surface area (Å²) in [7, 11) is 0. The second-order valence-corrected chi connectivity index (χ2v) is 5.54. The Morgan fingerprint density at radius 2 is 1.64 bits per heavy atom. The van der Waals surface area contributed by atoms with Crippen LogP contribution < -0.4 is 5.32 Å². The van der Waals surface area contributed by atoms with Gasteiger partial charge >= 0.3 is 0 Å². The summed E-state index contributed by atoms with van der Waals surface area (Å²) in [4.78, 5) is 26.2. The molecule has 1 fully saturated rings. The topological polar surface area (TPSA) is 58.6 Å². The van der Waals surface area contributed by atoms with E-state index in [0.29, 0.717) is 31.9 Å². The number of hydrogen-bond donors (Lipinski definition) is 1. The lowest BCUT2D eigenvalue weighted by molar-refractivity contribution is 0.0303. The zero-order valence-electron chi connectivity index (χ0n) is 13.3. The molecule has 130 valence electrons. The molecule has 0 bridgehead atoms. The van der Waals surface area contributed by atoms with Gasteiger partial charge in [-0.1, -0.05) is 12.1 Å². The SMILES string of the molecule is O=C(Nc1cccc(C(=O)N2CCOCC2)c1)c1c(F)cccc1F. The molecule has 1 saturated heterocycles. The first-order chi connectivity index (χ1) is 12.1. The average molecular weight is 346 g/mol. The Labute approximate surface area is 143 Å². The van der Waals surface area contributed by atoms with Gasteiger partial charge in [0.25, 0.3) is 11.8 Å². The third-order valence-corrected chi connectivity index (χ3v) is 3.86. The largest absolute Gasteiger partial charge is 0.378 e. The van der Waals surface area contributed by atoms with E-state index in [0.717, 1.165) is 12.1 Å². The number of nitrogens with zero attached hydrogens (tertiary/aromatic N) is 1. The van der Waals surface area contributed by atoms with Crippen LogP contribution in [0.4, 0.5) is 14.5 Å². The van der Waals surface area contributed by atoms with Crippen molar-refractivity contribution in [1.82, 2.24) is 4.90 Å². The molecule has 1 N–H and O–H groups in total. The maximum absolute atomic E-state index is 13.7. The van der Waals surface area contributed by atoms with Gasteiger partial charge in [0.1, 0.15) is 17.2 Å². The monoisotopic (exact) mass is 346 g/mol. The average Bonchev–Trinajstić information content (AvgIpc) is 2.62. The fourth-order valence-corrected chi connectivity index (χ4v) is 2.59. The van der Waals surface area contributed by atoms with Crippen LogP contribution in [0, 0.1) is 11.6 Å². The highest BCUT2D eigenvalue weighted by atomic mass is 19.1. The van der Waals surface area contributed by atoms with Crippen LogP contribution in [0.2, 0.25) is 0 Å². The van der Waals surface area contributed by atoms with E-state index in [-0.39, 0.29) is 11.6 Å². The van der Waals surface area contributed by atoms with Crippen molar-refractivity contribution >= 4 is 17.5 Å². The number of hydrogen-bond acceptors (Lipinski definition) is 3. The van der Waals surface area contributed by atoms with E-state index in [1.165, 1.54) is 12.1 Å². The molecule has 3 rings (SSSR count). The van der Waals surface area contributed by atoms with Crippen LogP contribution in [0.3, 0.4) is 0 Å². The first-order valence-electron chi connectivity index (χ1n) is 7.79. The van der Waals surface area contributed by atoms with E-state index in [1.807, 2.05) is 0 Å². The number of rotatable bonds is 3. The lowest BCUT2D eigenvalue weighted by atomic mass is 10.1. The zero-order chi connectivity index (χ0) is 17.8. The minimum Gasteiger partial charge on any atom is -0.378 e. The van der Waals surface area contributed by atoms with Crippen LogP contribution in [-0.2, 0) is 4.74 Å². The van der Waals surface area contributed by atoms with Gasteiger partial charge in [-0.25, -0.2) is 8.78 Å². The smallest absolute Gasteiger partial charge is 0.261 e. The van der Waals surface area contributed by atoms with Crippen LogP contribution in [0.1, 0.15) is 20.7 Å². The molecule has 0 saturated carbocycles. The van der Waals surface area contributed by atoms with Crippen molar-refractivity contribution in [2.45, 2.75) is 0 Å². The van der Waals surface area contributed by atoms with Gasteiger partial charge in [-0.15, -0.1) is 0 Å². The summed E-state index contributed by atoms with van der Waals surface area (Å²) in [5, 5.41) is 2.42. The molecule has 1 aliphatic heterocycles. The van der Waals surface area contributed by atoms with Crippen molar-refractivity contribution in [2.75, 3.05) is 31.6 Å².